The molecule has 3 aromatic heterocycles. The molecule has 0 bridgehead atoms. The van der Waals surface area contributed by atoms with Crippen LogP contribution in [0.1, 0.15) is 58.1 Å². The van der Waals surface area contributed by atoms with Crippen LogP contribution in [0.4, 0.5) is 26.2 Å². The molecule has 0 spiro atoms. The Bertz CT molecular complexity index is 1170. The van der Waals surface area contributed by atoms with Gasteiger partial charge in [0.2, 0.25) is 12.4 Å². The molecule has 1 aliphatic carbocycles. The molecule has 11 heteroatoms. The van der Waals surface area contributed by atoms with E-state index in [0.29, 0.717) is 12.4 Å². The minimum atomic E-state index is -2.10. The number of halogens is 2. The number of hydrogen-bond acceptors (Lipinski definition) is 8. The van der Waals surface area contributed by atoms with E-state index in [1.54, 1.807) is 14.0 Å². The molecule has 1 fully saturated rings. The van der Waals surface area contributed by atoms with Crippen molar-refractivity contribution in [3.8, 4) is 11.3 Å². The third kappa shape index (κ3) is 6.93. The number of aliphatic hydroxyl groups is 1. The van der Waals surface area contributed by atoms with E-state index in [2.05, 4.69) is 26.0 Å². The maximum absolute atomic E-state index is 11.0. The van der Waals surface area contributed by atoms with Crippen molar-refractivity contribution < 1.29 is 13.9 Å². The highest BCUT2D eigenvalue weighted by atomic mass is 19.3. The number of nitrogens with one attached hydrogen (secondary N) is 2. The predicted octanol–water partition coefficient (Wildman–Crippen LogP) is 6.01. The molecule has 0 atom stereocenters. The first-order valence-corrected chi connectivity index (χ1v) is 12.3. The number of aromatic nitrogens is 4. The van der Waals surface area contributed by atoms with E-state index >= 15 is 0 Å². The van der Waals surface area contributed by atoms with E-state index in [0.717, 1.165) is 59.7 Å². The molecule has 1 aliphatic rings. The molecule has 0 aromatic carbocycles. The van der Waals surface area contributed by atoms with Crippen LogP contribution in [-0.4, -0.2) is 56.9 Å². The summed E-state index contributed by atoms with van der Waals surface area (Å²) in [5, 5.41) is 29.4. The summed E-state index contributed by atoms with van der Waals surface area (Å²) in [5.74, 6) is 1.30. The van der Waals surface area contributed by atoms with Crippen LogP contribution in [0.15, 0.2) is 34.6 Å². The van der Waals surface area contributed by atoms with Crippen molar-refractivity contribution in [2.45, 2.75) is 77.4 Å². The predicted molar refractivity (Wildman–Crippen MR) is 138 cm³/mol. The van der Waals surface area contributed by atoms with Gasteiger partial charge in [0, 0.05) is 38.3 Å². The van der Waals surface area contributed by atoms with Crippen LogP contribution in [0.5, 0.6) is 0 Å². The standard InChI is InChI=1S/C21H28N8O.C4H8F2/c1-13-16(27-23-4)5-6-17(24-13)15-9-12-29-18(15)19(22-3)26-20(28-29)25-14-7-10-21(2,30)11-8-14;1-2-3-4(5)6/h5-6,9,12,14,30H,7-8,10-11H2,1-4H3,(H2,22,25,26,28);4H,2-3H2,1H3. The van der Waals surface area contributed by atoms with Gasteiger partial charge >= 0.3 is 0 Å². The van der Waals surface area contributed by atoms with Gasteiger partial charge in [0.1, 0.15) is 11.2 Å². The lowest BCUT2D eigenvalue weighted by molar-refractivity contribution is 0.0195. The second-order valence-electron chi connectivity index (χ2n) is 9.25. The Morgan fingerprint density at radius 2 is 1.94 bits per heavy atom. The fraction of sp³-hybridized carbons (Fsp3) is 0.560. The van der Waals surface area contributed by atoms with Gasteiger partial charge in [-0.15, -0.1) is 5.10 Å². The Morgan fingerprint density at radius 3 is 2.50 bits per heavy atom. The quantitative estimate of drug-likeness (QED) is 0.341. The zero-order valence-corrected chi connectivity index (χ0v) is 21.6. The highest BCUT2D eigenvalue weighted by Gasteiger charge is 2.29. The number of rotatable bonds is 7. The van der Waals surface area contributed by atoms with E-state index in [9.17, 15) is 13.9 Å². The van der Waals surface area contributed by atoms with E-state index in [1.165, 1.54) is 0 Å². The summed E-state index contributed by atoms with van der Waals surface area (Å²) in [6.07, 6.45) is 3.78. The van der Waals surface area contributed by atoms with E-state index in [-0.39, 0.29) is 12.5 Å². The zero-order chi connectivity index (χ0) is 26.3. The third-order valence-corrected chi connectivity index (χ3v) is 6.19. The second kappa shape index (κ2) is 12.2. The van der Waals surface area contributed by atoms with Gasteiger partial charge in [0.05, 0.1) is 17.0 Å². The Morgan fingerprint density at radius 1 is 1.22 bits per heavy atom. The van der Waals surface area contributed by atoms with Gasteiger partial charge in [-0.2, -0.15) is 15.2 Å². The van der Waals surface area contributed by atoms with Crippen LogP contribution in [-0.2, 0) is 0 Å². The van der Waals surface area contributed by atoms with Crippen LogP contribution in [0.2, 0.25) is 0 Å². The van der Waals surface area contributed by atoms with Crippen molar-refractivity contribution in [2.75, 3.05) is 24.7 Å². The number of anilines is 2. The molecule has 3 heterocycles. The monoisotopic (exact) mass is 502 g/mol. The fourth-order valence-corrected chi connectivity index (χ4v) is 4.17. The molecule has 0 amide bonds. The minimum absolute atomic E-state index is 0.0417. The molecule has 0 aliphatic heterocycles. The summed E-state index contributed by atoms with van der Waals surface area (Å²) in [7, 11) is 3.50. The Hall–Kier alpha value is -3.21. The van der Waals surface area contributed by atoms with Gasteiger partial charge in [-0.3, -0.25) is 4.98 Å². The number of hydrogen-bond donors (Lipinski definition) is 3. The molecule has 3 N–H and O–H groups in total. The molecule has 0 unspecified atom stereocenters. The number of aryl methyl sites for hydroxylation is 1. The van der Waals surface area contributed by atoms with Crippen molar-refractivity contribution in [2.24, 2.45) is 10.2 Å². The smallest absolute Gasteiger partial charge is 0.243 e. The van der Waals surface area contributed by atoms with Crippen molar-refractivity contribution >= 4 is 23.0 Å². The maximum Gasteiger partial charge on any atom is 0.243 e. The first kappa shape index (κ1) is 27.4. The molecule has 4 rings (SSSR count). The largest absolute Gasteiger partial charge is 0.390 e. The first-order chi connectivity index (χ1) is 17.2. The van der Waals surface area contributed by atoms with Crippen molar-refractivity contribution in [1.29, 1.82) is 0 Å². The van der Waals surface area contributed by atoms with Gasteiger partial charge in [-0.1, -0.05) is 13.3 Å². The van der Waals surface area contributed by atoms with Gasteiger partial charge in [-0.05, 0) is 57.7 Å². The molecule has 9 nitrogen and oxygen atoms in total. The molecule has 3 aromatic rings. The molecule has 0 radical (unpaired) electrons. The Kier molecular flexibility index (Phi) is 9.25. The SMILES string of the molecule is CCCC(F)F.CN=Nc1ccc(-c2ccn3nc(NC4CCC(C)(O)CC4)nc(NC)c23)nc1C. The Balaban J connectivity index is 0.000000538. The molecule has 196 valence electrons. The maximum atomic E-state index is 11.0. The topological polar surface area (TPSA) is 112 Å². The van der Waals surface area contributed by atoms with Gasteiger partial charge in [0.25, 0.3) is 0 Å². The highest BCUT2D eigenvalue weighted by Crippen LogP contribution is 2.32. The summed E-state index contributed by atoms with van der Waals surface area (Å²) in [4.78, 5) is 9.40. The van der Waals surface area contributed by atoms with Crippen LogP contribution >= 0.6 is 0 Å². The third-order valence-electron chi connectivity index (χ3n) is 6.19. The van der Waals surface area contributed by atoms with Crippen LogP contribution in [0.3, 0.4) is 0 Å². The molecule has 1 saturated carbocycles. The normalized spacial score (nSPS) is 20.0. The van der Waals surface area contributed by atoms with Gasteiger partial charge in [-0.25, -0.2) is 13.3 Å². The number of pyridine rings is 1. The second-order valence-corrected chi connectivity index (χ2v) is 9.25. The first-order valence-electron chi connectivity index (χ1n) is 12.3. The lowest BCUT2D eigenvalue weighted by Gasteiger charge is -2.33. The van der Waals surface area contributed by atoms with E-state index in [4.69, 9.17) is 9.97 Å². The molecule has 36 heavy (non-hydrogen) atoms. The number of alkyl halides is 2. The average Bonchev–Trinajstić information content (AvgIpc) is 3.26. The summed E-state index contributed by atoms with van der Waals surface area (Å²) in [6, 6.07) is 6.11. The fourth-order valence-electron chi connectivity index (χ4n) is 4.17. The van der Waals surface area contributed by atoms with E-state index in [1.807, 2.05) is 49.8 Å². The van der Waals surface area contributed by atoms with Crippen LogP contribution in [0, 0.1) is 6.92 Å². The number of fused-ring (bicyclic) bond motifs is 1. The highest BCUT2D eigenvalue weighted by molar-refractivity contribution is 5.87. The number of nitrogens with zero attached hydrogens (tertiary/aromatic N) is 6. The number of azo groups is 1. The molecule has 0 saturated heterocycles. The van der Waals surface area contributed by atoms with E-state index < -0.39 is 12.0 Å². The van der Waals surface area contributed by atoms with Crippen LogP contribution in [0.25, 0.3) is 16.8 Å². The van der Waals surface area contributed by atoms with Crippen molar-refractivity contribution in [1.82, 2.24) is 19.6 Å². The van der Waals surface area contributed by atoms with Crippen LogP contribution < -0.4 is 10.6 Å². The minimum Gasteiger partial charge on any atom is -0.390 e. The van der Waals surface area contributed by atoms with Gasteiger partial charge in [0.15, 0.2) is 5.82 Å². The summed E-state index contributed by atoms with van der Waals surface area (Å²) in [5.41, 5.74) is 3.66. The van der Waals surface area contributed by atoms with Crippen molar-refractivity contribution in [3.63, 3.8) is 0 Å². The Labute approximate surface area is 210 Å². The molecular formula is C25H36F2N8O. The lowest BCUT2D eigenvalue weighted by atomic mass is 9.84. The summed E-state index contributed by atoms with van der Waals surface area (Å²) < 4.78 is 23.9. The molecular weight excluding hydrogens is 466 g/mol. The average molecular weight is 503 g/mol. The zero-order valence-electron chi connectivity index (χ0n) is 21.6. The lowest BCUT2D eigenvalue weighted by Crippen LogP contribution is -2.36. The van der Waals surface area contributed by atoms with Gasteiger partial charge < -0.3 is 15.7 Å². The van der Waals surface area contributed by atoms with Crippen molar-refractivity contribution in [3.05, 3.63) is 30.1 Å². The summed E-state index contributed by atoms with van der Waals surface area (Å²) >= 11 is 0. The summed E-state index contributed by atoms with van der Waals surface area (Å²) in [6.45, 7) is 5.57.